The topological polar surface area (TPSA) is 114 Å². The summed E-state index contributed by atoms with van der Waals surface area (Å²) >= 11 is 1.43. The van der Waals surface area contributed by atoms with Crippen molar-refractivity contribution in [2.45, 2.75) is 23.0 Å². The van der Waals surface area contributed by atoms with Gasteiger partial charge in [0.25, 0.3) is 0 Å². The fourth-order valence-electron chi connectivity index (χ4n) is 3.67. The zero-order valence-electron chi connectivity index (χ0n) is 19.4. The summed E-state index contributed by atoms with van der Waals surface area (Å²) in [7, 11) is 4.32. The van der Waals surface area contributed by atoms with E-state index in [0.29, 0.717) is 40.1 Å². The average molecular weight is 501 g/mol. The minimum Gasteiger partial charge on any atom is -0.502 e. The molecule has 4 rings (SSSR count). The van der Waals surface area contributed by atoms with Gasteiger partial charge >= 0.3 is 5.97 Å². The van der Waals surface area contributed by atoms with E-state index < -0.39 is 23.1 Å². The molecule has 35 heavy (non-hydrogen) atoms. The number of thioether (sulfide) groups is 1. The molecule has 0 bridgehead atoms. The highest BCUT2D eigenvalue weighted by Gasteiger charge is 2.30. The summed E-state index contributed by atoms with van der Waals surface area (Å²) in [6, 6.07) is 12.0. The highest BCUT2D eigenvalue weighted by Crippen LogP contribution is 2.45. The van der Waals surface area contributed by atoms with Crippen LogP contribution < -0.4 is 24.4 Å². The summed E-state index contributed by atoms with van der Waals surface area (Å²) < 4.78 is 32.5. The lowest BCUT2D eigenvalue weighted by molar-refractivity contribution is -0.140. The molecule has 0 saturated carbocycles. The maximum absolute atomic E-state index is 12.6. The number of hydrogen-bond donors (Lipinski definition) is 1. The van der Waals surface area contributed by atoms with Gasteiger partial charge in [0, 0.05) is 11.0 Å². The van der Waals surface area contributed by atoms with Crippen LogP contribution in [-0.2, 0) is 15.3 Å². The SMILES string of the molecule is COC(=O)CC(c1cc(OC)c2c(c1)OCO2)c1oc(CSc2cccc(OC)c2)cc(=O)c1O. The van der Waals surface area contributed by atoms with Crippen LogP contribution in [0.25, 0.3) is 0 Å². The fourth-order valence-corrected chi connectivity index (χ4v) is 4.50. The Balaban J connectivity index is 1.72. The smallest absolute Gasteiger partial charge is 0.306 e. The van der Waals surface area contributed by atoms with E-state index in [2.05, 4.69) is 0 Å². The normalized spacial score (nSPS) is 12.8. The molecule has 9 nitrogen and oxygen atoms in total. The molecule has 184 valence electrons. The number of rotatable bonds is 9. The van der Waals surface area contributed by atoms with E-state index in [0.717, 1.165) is 4.90 Å². The average Bonchev–Trinajstić information content (AvgIpc) is 3.36. The van der Waals surface area contributed by atoms with Crippen LogP contribution in [0.2, 0.25) is 0 Å². The first-order chi connectivity index (χ1) is 16.9. The first-order valence-corrected chi connectivity index (χ1v) is 11.6. The van der Waals surface area contributed by atoms with Crippen LogP contribution in [0.5, 0.6) is 28.7 Å². The molecule has 0 saturated heterocycles. The minimum atomic E-state index is -0.847. The third-order valence-corrected chi connectivity index (χ3v) is 6.44. The third-order valence-electron chi connectivity index (χ3n) is 5.42. The van der Waals surface area contributed by atoms with Crippen molar-refractivity contribution in [2.24, 2.45) is 0 Å². The van der Waals surface area contributed by atoms with Gasteiger partial charge in [0.15, 0.2) is 17.3 Å². The molecule has 1 aliphatic rings. The highest BCUT2D eigenvalue weighted by molar-refractivity contribution is 7.98. The molecule has 0 aliphatic carbocycles. The first kappa shape index (κ1) is 24.3. The predicted molar refractivity (Wildman–Crippen MR) is 127 cm³/mol. The van der Waals surface area contributed by atoms with Crippen molar-refractivity contribution < 1.29 is 38.0 Å². The Bertz CT molecular complexity index is 1280. The Kier molecular flexibility index (Phi) is 7.40. The molecule has 1 N–H and O–H groups in total. The number of hydrogen-bond acceptors (Lipinski definition) is 10. The molecule has 0 spiro atoms. The summed E-state index contributed by atoms with van der Waals surface area (Å²) in [6.45, 7) is 0.0220. The summed E-state index contributed by atoms with van der Waals surface area (Å²) in [5, 5.41) is 10.6. The molecule has 10 heteroatoms. The van der Waals surface area contributed by atoms with Crippen LogP contribution in [0.1, 0.15) is 29.4 Å². The predicted octanol–water partition coefficient (Wildman–Crippen LogP) is 4.08. The van der Waals surface area contributed by atoms with E-state index in [1.54, 1.807) is 19.2 Å². The molecule has 2 heterocycles. The number of carbonyl (C=O) groups excluding carboxylic acids is 1. The molecular formula is C25H24O9S. The molecular weight excluding hydrogens is 476 g/mol. The second kappa shape index (κ2) is 10.6. The number of ether oxygens (including phenoxy) is 5. The number of benzene rings is 2. The largest absolute Gasteiger partial charge is 0.502 e. The zero-order valence-corrected chi connectivity index (χ0v) is 20.2. The number of esters is 1. The molecule has 1 aliphatic heterocycles. The second-order valence-electron chi connectivity index (χ2n) is 7.55. The number of carbonyl (C=O) groups is 1. The number of aromatic hydroxyl groups is 1. The van der Waals surface area contributed by atoms with Gasteiger partial charge in [-0.1, -0.05) is 6.07 Å². The van der Waals surface area contributed by atoms with Gasteiger partial charge in [0.1, 0.15) is 11.5 Å². The molecule has 1 aromatic heterocycles. The van der Waals surface area contributed by atoms with E-state index in [4.69, 9.17) is 28.1 Å². The van der Waals surface area contributed by atoms with Gasteiger partial charge < -0.3 is 33.2 Å². The minimum absolute atomic E-state index is 0.0220. The van der Waals surface area contributed by atoms with E-state index in [-0.39, 0.29) is 19.0 Å². The number of fused-ring (bicyclic) bond motifs is 1. The second-order valence-corrected chi connectivity index (χ2v) is 8.60. The molecule has 0 radical (unpaired) electrons. The Morgan fingerprint density at radius 1 is 1.11 bits per heavy atom. The lowest BCUT2D eigenvalue weighted by atomic mass is 9.91. The Morgan fingerprint density at radius 3 is 2.69 bits per heavy atom. The zero-order chi connectivity index (χ0) is 24.9. The van der Waals surface area contributed by atoms with E-state index >= 15 is 0 Å². The van der Waals surface area contributed by atoms with Gasteiger partial charge in [-0.05, 0) is 35.9 Å². The molecule has 0 amide bonds. The molecule has 3 aromatic rings. The Hall–Kier alpha value is -3.79. The van der Waals surface area contributed by atoms with E-state index in [1.165, 1.54) is 32.0 Å². The summed E-state index contributed by atoms with van der Waals surface area (Å²) in [4.78, 5) is 25.8. The maximum Gasteiger partial charge on any atom is 0.306 e. The van der Waals surface area contributed by atoms with Crippen molar-refractivity contribution in [2.75, 3.05) is 28.1 Å². The van der Waals surface area contributed by atoms with Crippen LogP contribution in [-0.4, -0.2) is 39.2 Å². The van der Waals surface area contributed by atoms with Gasteiger partial charge in [-0.25, -0.2) is 0 Å². The van der Waals surface area contributed by atoms with Gasteiger partial charge in [0.05, 0.1) is 39.4 Å². The molecule has 1 atom stereocenters. The van der Waals surface area contributed by atoms with Crippen molar-refractivity contribution >= 4 is 17.7 Å². The van der Waals surface area contributed by atoms with E-state index in [9.17, 15) is 14.7 Å². The summed E-state index contributed by atoms with van der Waals surface area (Å²) in [5.41, 5.74) is -0.0948. The fraction of sp³-hybridized carbons (Fsp3) is 0.280. The van der Waals surface area contributed by atoms with Crippen molar-refractivity contribution in [3.05, 3.63) is 69.8 Å². The summed E-state index contributed by atoms with van der Waals surface area (Å²) in [5.74, 6) is 0.557. The Morgan fingerprint density at radius 2 is 1.94 bits per heavy atom. The lowest BCUT2D eigenvalue weighted by Gasteiger charge is -2.19. The van der Waals surface area contributed by atoms with Crippen molar-refractivity contribution in [3.8, 4) is 28.7 Å². The highest BCUT2D eigenvalue weighted by atomic mass is 32.2. The maximum atomic E-state index is 12.6. The lowest BCUT2D eigenvalue weighted by Crippen LogP contribution is -2.14. The Labute approximate surface area is 205 Å². The van der Waals surface area contributed by atoms with Gasteiger partial charge in [0.2, 0.25) is 23.7 Å². The standard InChI is InChI=1S/C25H24O9S/c1-29-15-5-4-6-17(9-15)35-12-16-10-19(26)23(28)24(34-16)18(11-22(27)31-3)14-7-20(30-2)25-21(8-14)32-13-33-25/h4-10,18,28H,11-13H2,1-3H3. The third kappa shape index (κ3) is 5.32. The van der Waals surface area contributed by atoms with Crippen LogP contribution in [0, 0.1) is 0 Å². The molecule has 1 unspecified atom stereocenters. The van der Waals surface area contributed by atoms with Crippen LogP contribution in [0.3, 0.4) is 0 Å². The van der Waals surface area contributed by atoms with Crippen LogP contribution in [0.4, 0.5) is 0 Å². The van der Waals surface area contributed by atoms with Crippen LogP contribution >= 0.6 is 11.8 Å². The molecule has 2 aromatic carbocycles. The van der Waals surface area contributed by atoms with Gasteiger partial charge in [-0.15, -0.1) is 11.8 Å². The van der Waals surface area contributed by atoms with E-state index in [1.807, 2.05) is 24.3 Å². The van der Waals surface area contributed by atoms with Crippen molar-refractivity contribution in [3.63, 3.8) is 0 Å². The number of methoxy groups -OCH3 is 3. The van der Waals surface area contributed by atoms with Crippen LogP contribution in [0.15, 0.2) is 56.6 Å². The monoisotopic (exact) mass is 500 g/mol. The van der Waals surface area contributed by atoms with Gasteiger partial charge in [-0.2, -0.15) is 0 Å². The first-order valence-electron chi connectivity index (χ1n) is 10.6. The quantitative estimate of drug-likeness (QED) is 0.341. The van der Waals surface area contributed by atoms with Gasteiger partial charge in [-0.3, -0.25) is 9.59 Å². The van der Waals surface area contributed by atoms with Crippen molar-refractivity contribution in [1.82, 2.24) is 0 Å². The molecule has 0 fully saturated rings. The van der Waals surface area contributed by atoms with Crippen molar-refractivity contribution in [1.29, 1.82) is 0 Å². The summed E-state index contributed by atoms with van der Waals surface area (Å²) in [6.07, 6.45) is -0.192.